The minimum atomic E-state index is -0.0946. The fourth-order valence-corrected chi connectivity index (χ4v) is 2.63. The molecule has 3 rings (SSSR count). The molecule has 26 heavy (non-hydrogen) atoms. The highest BCUT2D eigenvalue weighted by Crippen LogP contribution is 2.13. The number of anilines is 1. The van der Waals surface area contributed by atoms with Crippen LogP contribution >= 0.6 is 0 Å². The molecule has 0 saturated heterocycles. The summed E-state index contributed by atoms with van der Waals surface area (Å²) in [5.41, 5.74) is 3.80. The first kappa shape index (κ1) is 17.6. The molecular formula is C19H22N6O. The second kappa shape index (κ2) is 8.24. The number of tetrazole rings is 1. The number of rotatable bonds is 7. The number of amides is 1. The minimum Gasteiger partial charge on any atom is -0.378 e. The molecule has 1 amide bonds. The van der Waals surface area contributed by atoms with E-state index < -0.39 is 0 Å². The van der Waals surface area contributed by atoms with Gasteiger partial charge in [-0.05, 0) is 59.2 Å². The van der Waals surface area contributed by atoms with Crippen molar-refractivity contribution in [1.29, 1.82) is 0 Å². The van der Waals surface area contributed by atoms with E-state index in [9.17, 15) is 4.79 Å². The third-order valence-electron chi connectivity index (χ3n) is 4.10. The SMILES string of the molecule is CN(C)c1ccc(CCCNC(=O)c2cccc(-n3cnnn3)c2)cc1. The third kappa shape index (κ3) is 4.44. The molecule has 0 aliphatic rings. The van der Waals surface area contributed by atoms with Gasteiger partial charge in [0.1, 0.15) is 6.33 Å². The van der Waals surface area contributed by atoms with Gasteiger partial charge in [0.05, 0.1) is 5.69 Å². The minimum absolute atomic E-state index is 0.0946. The summed E-state index contributed by atoms with van der Waals surface area (Å²) in [5.74, 6) is -0.0946. The Balaban J connectivity index is 1.49. The van der Waals surface area contributed by atoms with E-state index in [1.807, 2.05) is 26.2 Å². The summed E-state index contributed by atoms with van der Waals surface area (Å²) >= 11 is 0. The highest BCUT2D eigenvalue weighted by Gasteiger charge is 2.07. The van der Waals surface area contributed by atoms with E-state index in [-0.39, 0.29) is 5.91 Å². The molecule has 7 heteroatoms. The Hall–Kier alpha value is -3.22. The van der Waals surface area contributed by atoms with Gasteiger partial charge in [-0.1, -0.05) is 18.2 Å². The second-order valence-corrected chi connectivity index (χ2v) is 6.23. The van der Waals surface area contributed by atoms with E-state index in [4.69, 9.17) is 0 Å². The standard InChI is InChI=1S/C19H22N6O/c1-24(2)17-10-8-15(9-11-17)5-4-12-20-19(26)16-6-3-7-18(13-16)25-14-21-22-23-25/h3,6-11,13-14H,4-5,12H2,1-2H3,(H,20,26). The van der Waals surface area contributed by atoms with Crippen LogP contribution in [0.4, 0.5) is 5.69 Å². The normalized spacial score (nSPS) is 10.5. The fraction of sp³-hybridized carbons (Fsp3) is 0.263. The van der Waals surface area contributed by atoms with Crippen LogP contribution in [0.2, 0.25) is 0 Å². The van der Waals surface area contributed by atoms with Gasteiger partial charge in [-0.3, -0.25) is 4.79 Å². The topological polar surface area (TPSA) is 75.9 Å². The molecule has 0 aliphatic carbocycles. The van der Waals surface area contributed by atoms with Gasteiger partial charge >= 0.3 is 0 Å². The van der Waals surface area contributed by atoms with Crippen molar-refractivity contribution in [2.75, 3.05) is 25.5 Å². The molecule has 134 valence electrons. The molecule has 2 aromatic carbocycles. The highest BCUT2D eigenvalue weighted by molar-refractivity contribution is 5.94. The number of aromatic nitrogens is 4. The van der Waals surface area contributed by atoms with Crippen molar-refractivity contribution in [2.45, 2.75) is 12.8 Å². The summed E-state index contributed by atoms with van der Waals surface area (Å²) in [4.78, 5) is 14.4. The summed E-state index contributed by atoms with van der Waals surface area (Å²) in [6.45, 7) is 0.628. The number of carbonyl (C=O) groups excluding carboxylic acids is 1. The summed E-state index contributed by atoms with van der Waals surface area (Å²) in [6.07, 6.45) is 3.32. The Morgan fingerprint density at radius 2 is 1.96 bits per heavy atom. The quantitative estimate of drug-likeness (QED) is 0.660. The van der Waals surface area contributed by atoms with E-state index in [1.165, 1.54) is 22.3 Å². The van der Waals surface area contributed by atoms with Gasteiger partial charge in [0, 0.05) is 31.9 Å². The molecule has 0 unspecified atom stereocenters. The Bertz CT molecular complexity index is 843. The monoisotopic (exact) mass is 350 g/mol. The maximum atomic E-state index is 12.3. The lowest BCUT2D eigenvalue weighted by Crippen LogP contribution is -2.24. The predicted octanol–water partition coefficient (Wildman–Crippen LogP) is 2.09. The third-order valence-corrected chi connectivity index (χ3v) is 4.10. The number of hydrogen-bond acceptors (Lipinski definition) is 5. The molecular weight excluding hydrogens is 328 g/mol. The molecule has 0 atom stereocenters. The van der Waals surface area contributed by atoms with Crippen LogP contribution in [0.15, 0.2) is 54.9 Å². The molecule has 0 spiro atoms. The number of hydrogen-bond donors (Lipinski definition) is 1. The van der Waals surface area contributed by atoms with Gasteiger partial charge in [0.2, 0.25) is 0 Å². The first-order valence-electron chi connectivity index (χ1n) is 8.51. The molecule has 1 aromatic heterocycles. The lowest BCUT2D eigenvalue weighted by atomic mass is 10.1. The average Bonchev–Trinajstić information content (AvgIpc) is 3.20. The Labute approximate surface area is 152 Å². The van der Waals surface area contributed by atoms with Crippen molar-refractivity contribution in [3.63, 3.8) is 0 Å². The molecule has 0 bridgehead atoms. The number of nitrogens with zero attached hydrogens (tertiary/aromatic N) is 5. The molecule has 3 aromatic rings. The van der Waals surface area contributed by atoms with Crippen LogP contribution in [0, 0.1) is 0 Å². The molecule has 0 radical (unpaired) electrons. The van der Waals surface area contributed by atoms with Gasteiger partial charge in [-0.25, -0.2) is 4.68 Å². The zero-order chi connectivity index (χ0) is 18.4. The second-order valence-electron chi connectivity index (χ2n) is 6.23. The number of aryl methyl sites for hydroxylation is 1. The van der Waals surface area contributed by atoms with Gasteiger partial charge in [0.15, 0.2) is 0 Å². The molecule has 1 heterocycles. The maximum Gasteiger partial charge on any atom is 0.251 e. The van der Waals surface area contributed by atoms with Crippen molar-refractivity contribution in [2.24, 2.45) is 0 Å². The van der Waals surface area contributed by atoms with Crippen molar-refractivity contribution in [1.82, 2.24) is 25.5 Å². The van der Waals surface area contributed by atoms with Crippen molar-refractivity contribution in [3.05, 3.63) is 66.0 Å². The number of carbonyl (C=O) groups is 1. The maximum absolute atomic E-state index is 12.3. The van der Waals surface area contributed by atoms with Crippen LogP contribution < -0.4 is 10.2 Å². The highest BCUT2D eigenvalue weighted by atomic mass is 16.1. The van der Waals surface area contributed by atoms with Gasteiger partial charge < -0.3 is 10.2 Å². The largest absolute Gasteiger partial charge is 0.378 e. The Kier molecular flexibility index (Phi) is 5.58. The predicted molar refractivity (Wildman–Crippen MR) is 101 cm³/mol. The first-order valence-corrected chi connectivity index (χ1v) is 8.51. The van der Waals surface area contributed by atoms with Crippen molar-refractivity contribution < 1.29 is 4.79 Å². The van der Waals surface area contributed by atoms with Gasteiger partial charge in [-0.2, -0.15) is 0 Å². The van der Waals surface area contributed by atoms with E-state index in [1.54, 1.807) is 12.1 Å². The van der Waals surface area contributed by atoms with Crippen LogP contribution in [-0.4, -0.2) is 46.8 Å². The average molecular weight is 350 g/mol. The number of benzene rings is 2. The van der Waals surface area contributed by atoms with E-state index in [0.717, 1.165) is 18.5 Å². The van der Waals surface area contributed by atoms with E-state index >= 15 is 0 Å². The van der Waals surface area contributed by atoms with E-state index in [2.05, 4.69) is 50.0 Å². The lowest BCUT2D eigenvalue weighted by molar-refractivity contribution is 0.0953. The van der Waals surface area contributed by atoms with Crippen molar-refractivity contribution >= 4 is 11.6 Å². The fourth-order valence-electron chi connectivity index (χ4n) is 2.63. The lowest BCUT2D eigenvalue weighted by Gasteiger charge is -2.12. The van der Waals surface area contributed by atoms with E-state index in [0.29, 0.717) is 12.1 Å². The summed E-state index contributed by atoms with van der Waals surface area (Å²) in [7, 11) is 4.05. The zero-order valence-corrected chi connectivity index (χ0v) is 15.0. The summed E-state index contributed by atoms with van der Waals surface area (Å²) in [5, 5.41) is 14.0. The molecule has 0 fully saturated rings. The van der Waals surface area contributed by atoms with Crippen LogP contribution in [-0.2, 0) is 6.42 Å². The molecule has 0 aliphatic heterocycles. The van der Waals surface area contributed by atoms with Crippen LogP contribution in [0.5, 0.6) is 0 Å². The van der Waals surface area contributed by atoms with Gasteiger partial charge in [-0.15, -0.1) is 5.10 Å². The Morgan fingerprint density at radius 1 is 1.15 bits per heavy atom. The van der Waals surface area contributed by atoms with Gasteiger partial charge in [0.25, 0.3) is 5.91 Å². The summed E-state index contributed by atoms with van der Waals surface area (Å²) < 4.78 is 1.52. The van der Waals surface area contributed by atoms with Crippen LogP contribution in [0.1, 0.15) is 22.3 Å². The van der Waals surface area contributed by atoms with Crippen LogP contribution in [0.3, 0.4) is 0 Å². The van der Waals surface area contributed by atoms with Crippen LogP contribution in [0.25, 0.3) is 5.69 Å². The zero-order valence-electron chi connectivity index (χ0n) is 15.0. The Morgan fingerprint density at radius 3 is 2.65 bits per heavy atom. The molecule has 0 saturated carbocycles. The number of nitrogens with one attached hydrogen (secondary N) is 1. The van der Waals surface area contributed by atoms with Crippen molar-refractivity contribution in [3.8, 4) is 5.69 Å². The molecule has 7 nitrogen and oxygen atoms in total. The smallest absolute Gasteiger partial charge is 0.251 e. The summed E-state index contributed by atoms with van der Waals surface area (Å²) in [6, 6.07) is 15.7. The first-order chi connectivity index (χ1) is 12.6. The molecule has 1 N–H and O–H groups in total.